The van der Waals surface area contributed by atoms with E-state index in [-0.39, 0.29) is 5.41 Å². The van der Waals surface area contributed by atoms with Crippen LogP contribution < -0.4 is 0 Å². The average Bonchev–Trinajstić information content (AvgIpc) is 2.15. The normalized spacial score (nSPS) is 19.0. The third-order valence-corrected chi connectivity index (χ3v) is 2.23. The van der Waals surface area contributed by atoms with E-state index >= 15 is 0 Å². The molecule has 0 bridgehead atoms. The smallest absolute Gasteiger partial charge is 0.163 e. The molecule has 1 rings (SSSR count). The minimum absolute atomic E-state index is 0.138. The molecule has 3 nitrogen and oxygen atoms in total. The first-order valence-electron chi connectivity index (χ1n) is 4.74. The van der Waals surface area contributed by atoms with E-state index in [1.54, 1.807) is 0 Å². The molecule has 1 unspecified atom stereocenters. The third-order valence-electron chi connectivity index (χ3n) is 2.23. The van der Waals surface area contributed by atoms with Gasteiger partial charge in [0.1, 0.15) is 25.6 Å². The highest BCUT2D eigenvalue weighted by Gasteiger charge is 2.26. The van der Waals surface area contributed by atoms with Crippen LogP contribution in [0.1, 0.15) is 20.8 Å². The van der Waals surface area contributed by atoms with Crippen LogP contribution in [0.2, 0.25) is 0 Å². The third kappa shape index (κ3) is 2.51. The molecule has 0 radical (unpaired) electrons. The summed E-state index contributed by atoms with van der Waals surface area (Å²) >= 11 is 0. The van der Waals surface area contributed by atoms with Crippen molar-refractivity contribution in [1.82, 2.24) is 0 Å². The van der Waals surface area contributed by atoms with Crippen LogP contribution >= 0.6 is 0 Å². The van der Waals surface area contributed by atoms with Crippen LogP contribution in [-0.4, -0.2) is 24.4 Å². The molecule has 0 amide bonds. The van der Waals surface area contributed by atoms with E-state index in [0.717, 1.165) is 5.57 Å². The first-order valence-corrected chi connectivity index (χ1v) is 4.74. The van der Waals surface area contributed by atoms with Gasteiger partial charge in [0, 0.05) is 0 Å². The number of hydrogen-bond donors (Lipinski definition) is 1. The fraction of sp³-hybridized carbons (Fsp3) is 0.636. The van der Waals surface area contributed by atoms with Crippen LogP contribution in [0.15, 0.2) is 24.2 Å². The van der Waals surface area contributed by atoms with Gasteiger partial charge in [0.2, 0.25) is 0 Å². The Labute approximate surface area is 85.0 Å². The molecule has 1 aliphatic heterocycles. The van der Waals surface area contributed by atoms with Crippen LogP contribution in [0.3, 0.4) is 0 Å². The van der Waals surface area contributed by atoms with Crippen molar-refractivity contribution in [3.8, 4) is 0 Å². The van der Waals surface area contributed by atoms with Crippen LogP contribution in [-0.2, 0) is 9.47 Å². The molecule has 1 atom stereocenters. The predicted octanol–water partition coefficient (Wildman–Crippen LogP) is 1.84. The molecule has 0 saturated heterocycles. The zero-order valence-corrected chi connectivity index (χ0v) is 9.04. The Balaban J connectivity index is 2.69. The lowest BCUT2D eigenvalue weighted by molar-refractivity contribution is 0.0410. The fourth-order valence-electron chi connectivity index (χ4n) is 1.11. The van der Waals surface area contributed by atoms with Gasteiger partial charge in [-0.05, 0) is 11.0 Å². The summed E-state index contributed by atoms with van der Waals surface area (Å²) in [6, 6.07) is 0. The molecule has 1 aliphatic rings. The molecular formula is C11H18O3. The molecule has 1 N–H and O–H groups in total. The highest BCUT2D eigenvalue weighted by Crippen LogP contribution is 2.30. The molecule has 0 aromatic rings. The second kappa shape index (κ2) is 4.05. The van der Waals surface area contributed by atoms with Crippen molar-refractivity contribution in [2.24, 2.45) is 5.41 Å². The highest BCUT2D eigenvalue weighted by molar-refractivity contribution is 5.20. The zero-order chi connectivity index (χ0) is 10.8. The lowest BCUT2D eigenvalue weighted by Crippen LogP contribution is -2.26. The predicted molar refractivity (Wildman–Crippen MR) is 54.6 cm³/mol. The number of aliphatic hydroxyl groups excluding tert-OH is 1. The number of ether oxygens (including phenoxy) is 2. The van der Waals surface area contributed by atoms with Gasteiger partial charge in [-0.15, -0.1) is 0 Å². The fourth-order valence-corrected chi connectivity index (χ4v) is 1.11. The Kier molecular flexibility index (Phi) is 3.21. The molecule has 0 aromatic heterocycles. The van der Waals surface area contributed by atoms with Crippen molar-refractivity contribution in [1.29, 1.82) is 0 Å². The van der Waals surface area contributed by atoms with Crippen molar-refractivity contribution < 1.29 is 14.6 Å². The summed E-state index contributed by atoms with van der Waals surface area (Å²) in [4.78, 5) is 0. The van der Waals surface area contributed by atoms with Crippen LogP contribution in [0, 0.1) is 5.41 Å². The number of aliphatic hydroxyl groups is 1. The maximum atomic E-state index is 9.91. The van der Waals surface area contributed by atoms with Crippen molar-refractivity contribution in [3.05, 3.63) is 24.2 Å². The largest absolute Gasteiger partial charge is 0.494 e. The molecule has 1 heterocycles. The van der Waals surface area contributed by atoms with Gasteiger partial charge < -0.3 is 14.6 Å². The summed E-state index contributed by atoms with van der Waals surface area (Å²) in [5.74, 6) is 0.455. The van der Waals surface area contributed by atoms with Crippen molar-refractivity contribution in [3.63, 3.8) is 0 Å². The van der Waals surface area contributed by atoms with Gasteiger partial charge in [-0.1, -0.05) is 27.4 Å². The van der Waals surface area contributed by atoms with Gasteiger partial charge in [0.05, 0.1) is 0 Å². The van der Waals surface area contributed by atoms with E-state index < -0.39 is 6.10 Å². The zero-order valence-electron chi connectivity index (χ0n) is 9.04. The summed E-state index contributed by atoms with van der Waals surface area (Å²) in [6.07, 6.45) is 0.695. The standard InChI is InChI=1S/C11H18O3/c1-8(11(2,3)4)10(12)9-7-13-5-6-14-9/h7,10,12H,1,5-6H2,2-4H3. The molecule has 0 aromatic carbocycles. The highest BCUT2D eigenvalue weighted by atomic mass is 16.6. The van der Waals surface area contributed by atoms with Gasteiger partial charge in [-0.25, -0.2) is 0 Å². The Morgan fingerprint density at radius 3 is 2.57 bits per heavy atom. The molecule has 0 fully saturated rings. The van der Waals surface area contributed by atoms with E-state index in [0.29, 0.717) is 19.0 Å². The molecule has 80 valence electrons. The Hall–Kier alpha value is -0.960. The number of hydrogen-bond acceptors (Lipinski definition) is 3. The van der Waals surface area contributed by atoms with Crippen LogP contribution in [0.5, 0.6) is 0 Å². The second-order valence-corrected chi connectivity index (χ2v) is 4.42. The van der Waals surface area contributed by atoms with Crippen molar-refractivity contribution in [2.75, 3.05) is 13.2 Å². The summed E-state index contributed by atoms with van der Waals surface area (Å²) in [6.45, 7) is 10.9. The van der Waals surface area contributed by atoms with E-state index in [1.807, 2.05) is 20.8 Å². The van der Waals surface area contributed by atoms with Crippen LogP contribution in [0.25, 0.3) is 0 Å². The molecule has 14 heavy (non-hydrogen) atoms. The maximum absolute atomic E-state index is 9.91. The summed E-state index contributed by atoms with van der Waals surface area (Å²) in [5.41, 5.74) is 0.593. The van der Waals surface area contributed by atoms with E-state index in [4.69, 9.17) is 9.47 Å². The summed E-state index contributed by atoms with van der Waals surface area (Å²) in [7, 11) is 0. The molecule has 0 aliphatic carbocycles. The molecule has 0 spiro atoms. The lowest BCUT2D eigenvalue weighted by Gasteiger charge is -2.28. The van der Waals surface area contributed by atoms with Gasteiger partial charge in [0.15, 0.2) is 5.76 Å². The Morgan fingerprint density at radius 2 is 2.14 bits per heavy atom. The average molecular weight is 198 g/mol. The van der Waals surface area contributed by atoms with Gasteiger partial charge >= 0.3 is 0 Å². The lowest BCUT2D eigenvalue weighted by atomic mass is 9.84. The minimum Gasteiger partial charge on any atom is -0.494 e. The summed E-state index contributed by atoms with van der Waals surface area (Å²) in [5, 5.41) is 9.91. The summed E-state index contributed by atoms with van der Waals surface area (Å²) < 4.78 is 10.4. The first kappa shape index (κ1) is 11.1. The van der Waals surface area contributed by atoms with E-state index in [2.05, 4.69) is 6.58 Å². The Morgan fingerprint density at radius 1 is 1.50 bits per heavy atom. The molecular weight excluding hydrogens is 180 g/mol. The molecule has 0 saturated carbocycles. The van der Waals surface area contributed by atoms with Crippen LogP contribution in [0.4, 0.5) is 0 Å². The topological polar surface area (TPSA) is 38.7 Å². The van der Waals surface area contributed by atoms with Gasteiger partial charge in [-0.2, -0.15) is 0 Å². The van der Waals surface area contributed by atoms with Crippen molar-refractivity contribution in [2.45, 2.75) is 26.9 Å². The quantitative estimate of drug-likeness (QED) is 0.688. The Bertz CT molecular complexity index is 248. The minimum atomic E-state index is -0.768. The monoisotopic (exact) mass is 198 g/mol. The first-order chi connectivity index (χ1) is 6.43. The van der Waals surface area contributed by atoms with Gasteiger partial charge in [0.25, 0.3) is 0 Å². The number of rotatable bonds is 2. The van der Waals surface area contributed by atoms with E-state index in [9.17, 15) is 5.11 Å². The second-order valence-electron chi connectivity index (χ2n) is 4.42. The SMILES string of the molecule is C=C(C(O)C1=COCCO1)C(C)(C)C. The van der Waals surface area contributed by atoms with E-state index in [1.165, 1.54) is 6.26 Å². The van der Waals surface area contributed by atoms with Crippen molar-refractivity contribution >= 4 is 0 Å². The molecule has 3 heteroatoms. The maximum Gasteiger partial charge on any atom is 0.163 e. The van der Waals surface area contributed by atoms with Gasteiger partial charge in [-0.3, -0.25) is 0 Å².